The monoisotopic (exact) mass is 329 g/mol. The van der Waals surface area contributed by atoms with Crippen LogP contribution in [0, 0.1) is 10.1 Å². The smallest absolute Gasteiger partial charge is 0.481 e. The summed E-state index contributed by atoms with van der Waals surface area (Å²) in [6, 6.07) is 2.11. The lowest BCUT2D eigenvalue weighted by molar-refractivity contribution is -0.385. The second kappa shape index (κ2) is 5.55. The summed E-state index contributed by atoms with van der Waals surface area (Å²) >= 11 is 0. The van der Waals surface area contributed by atoms with Crippen molar-refractivity contribution in [1.29, 1.82) is 0 Å². The summed E-state index contributed by atoms with van der Waals surface area (Å²) in [5, 5.41) is 19.2. The van der Waals surface area contributed by atoms with Crippen LogP contribution in [-0.2, 0) is 21.3 Å². The summed E-state index contributed by atoms with van der Waals surface area (Å²) in [5.41, 5.74) is -6.95. The van der Waals surface area contributed by atoms with Crippen LogP contribution in [0.3, 0.4) is 0 Å². The van der Waals surface area contributed by atoms with Crippen molar-refractivity contribution in [3.05, 3.63) is 33.9 Å². The molecule has 0 aliphatic rings. The number of benzene rings is 1. The van der Waals surface area contributed by atoms with Gasteiger partial charge in [0.25, 0.3) is 0 Å². The highest BCUT2D eigenvalue weighted by atomic mass is 32.2. The minimum atomic E-state index is -6.06. The normalized spacial score (nSPS) is 12.0. The fraction of sp³-hybridized carbons (Fsp3) is 0.222. The number of nitro benzene ring substituents is 1. The molecule has 0 amide bonds. The predicted octanol–water partition coefficient (Wildman–Crippen LogP) is 1.45. The first kappa shape index (κ1) is 16.7. The molecule has 1 aromatic rings. The van der Waals surface area contributed by atoms with Gasteiger partial charge in [0.2, 0.25) is 5.75 Å². The highest BCUT2D eigenvalue weighted by Crippen LogP contribution is 2.33. The van der Waals surface area contributed by atoms with E-state index in [9.17, 15) is 36.5 Å². The number of carbonyl (C=O) groups is 1. The Hall–Kier alpha value is -2.37. The number of halogens is 3. The molecule has 0 aliphatic heterocycles. The second-order valence-corrected chi connectivity index (χ2v) is 5.15. The Morgan fingerprint density at radius 3 is 2.38 bits per heavy atom. The van der Waals surface area contributed by atoms with Gasteiger partial charge < -0.3 is 9.29 Å². The number of carboxylic acids is 1. The van der Waals surface area contributed by atoms with Crippen molar-refractivity contribution < 1.29 is 40.6 Å². The predicted molar refractivity (Wildman–Crippen MR) is 60.0 cm³/mol. The first-order chi connectivity index (χ1) is 9.44. The Labute approximate surface area is 115 Å². The van der Waals surface area contributed by atoms with Gasteiger partial charge in [-0.1, -0.05) is 6.07 Å². The first-order valence-corrected chi connectivity index (χ1v) is 6.35. The highest BCUT2D eigenvalue weighted by molar-refractivity contribution is 7.88. The van der Waals surface area contributed by atoms with Crippen LogP contribution in [0.4, 0.5) is 18.9 Å². The van der Waals surface area contributed by atoms with Crippen molar-refractivity contribution in [1.82, 2.24) is 0 Å². The molecule has 116 valence electrons. The summed E-state index contributed by atoms with van der Waals surface area (Å²) in [5.74, 6) is -2.49. The molecule has 0 radical (unpaired) electrons. The van der Waals surface area contributed by atoms with E-state index >= 15 is 0 Å². The molecule has 0 aliphatic carbocycles. The molecule has 8 nitrogen and oxygen atoms in total. The maximum Gasteiger partial charge on any atom is 0.534 e. The number of nitrogens with zero attached hydrogens (tertiary/aromatic N) is 1. The van der Waals surface area contributed by atoms with Crippen LogP contribution in [0.15, 0.2) is 18.2 Å². The first-order valence-electron chi connectivity index (χ1n) is 4.94. The van der Waals surface area contributed by atoms with E-state index in [1.807, 2.05) is 0 Å². The van der Waals surface area contributed by atoms with Gasteiger partial charge >= 0.3 is 27.3 Å². The summed E-state index contributed by atoms with van der Waals surface area (Å²) in [4.78, 5) is 20.0. The molecule has 0 saturated heterocycles. The average molecular weight is 329 g/mol. The molecule has 0 fully saturated rings. The zero-order valence-electron chi connectivity index (χ0n) is 9.83. The lowest BCUT2D eigenvalue weighted by Gasteiger charge is -2.10. The number of hydrogen-bond acceptors (Lipinski definition) is 6. The Morgan fingerprint density at radius 2 is 1.95 bits per heavy atom. The summed E-state index contributed by atoms with van der Waals surface area (Å²) < 4.78 is 61.7. The molecule has 0 heterocycles. The molecule has 21 heavy (non-hydrogen) atoms. The van der Waals surface area contributed by atoms with E-state index in [0.29, 0.717) is 12.1 Å². The van der Waals surface area contributed by atoms with E-state index < -0.39 is 44.4 Å². The molecule has 1 aromatic carbocycles. The van der Waals surface area contributed by atoms with Gasteiger partial charge in [-0.15, -0.1) is 0 Å². The average Bonchev–Trinajstić information content (AvgIpc) is 2.28. The number of carboxylic acid groups (broad SMARTS) is 1. The minimum Gasteiger partial charge on any atom is -0.481 e. The standard InChI is InChI=1S/C9H6F3NO7S/c10-9(11,12)21(18,19)20-7-2-1-5(4-8(14)15)3-6(7)13(16)17/h1-3H,4H2,(H,14,15). The number of aliphatic carboxylic acids is 1. The van der Waals surface area contributed by atoms with Gasteiger partial charge in [0.15, 0.2) is 0 Å². The Bertz CT molecular complexity index is 683. The molecule has 0 spiro atoms. The van der Waals surface area contributed by atoms with Crippen molar-refractivity contribution in [3.8, 4) is 5.75 Å². The maximum absolute atomic E-state index is 12.1. The van der Waals surface area contributed by atoms with Gasteiger partial charge in [-0.25, -0.2) is 0 Å². The second-order valence-electron chi connectivity index (χ2n) is 3.61. The van der Waals surface area contributed by atoms with Crippen LogP contribution >= 0.6 is 0 Å². The van der Waals surface area contributed by atoms with Crippen molar-refractivity contribution in [2.45, 2.75) is 11.9 Å². The molecule has 0 atom stereocenters. The zero-order chi connectivity index (χ0) is 16.4. The van der Waals surface area contributed by atoms with Gasteiger partial charge in [-0.05, 0) is 11.6 Å². The van der Waals surface area contributed by atoms with E-state index in [-0.39, 0.29) is 5.56 Å². The van der Waals surface area contributed by atoms with Crippen LogP contribution in [0.5, 0.6) is 5.75 Å². The molecule has 1 rings (SSSR count). The van der Waals surface area contributed by atoms with Crippen molar-refractivity contribution >= 4 is 21.8 Å². The van der Waals surface area contributed by atoms with Gasteiger partial charge in [-0.2, -0.15) is 21.6 Å². The van der Waals surface area contributed by atoms with Crippen LogP contribution in [-0.4, -0.2) is 29.9 Å². The number of rotatable bonds is 5. The van der Waals surface area contributed by atoms with E-state index in [4.69, 9.17) is 5.11 Å². The van der Waals surface area contributed by atoms with Crippen molar-refractivity contribution in [2.24, 2.45) is 0 Å². The van der Waals surface area contributed by atoms with E-state index in [2.05, 4.69) is 4.18 Å². The molecule has 12 heteroatoms. The maximum atomic E-state index is 12.1. The van der Waals surface area contributed by atoms with Gasteiger partial charge in [0.1, 0.15) is 0 Å². The largest absolute Gasteiger partial charge is 0.534 e. The van der Waals surface area contributed by atoms with Gasteiger partial charge in [0.05, 0.1) is 11.3 Å². The fourth-order valence-electron chi connectivity index (χ4n) is 1.23. The van der Waals surface area contributed by atoms with Crippen molar-refractivity contribution in [3.63, 3.8) is 0 Å². The molecular weight excluding hydrogens is 323 g/mol. The Kier molecular flexibility index (Phi) is 4.41. The lowest BCUT2D eigenvalue weighted by atomic mass is 10.1. The van der Waals surface area contributed by atoms with Gasteiger partial charge in [0, 0.05) is 6.07 Å². The summed E-state index contributed by atoms with van der Waals surface area (Å²) in [6.45, 7) is 0. The highest BCUT2D eigenvalue weighted by Gasteiger charge is 2.49. The van der Waals surface area contributed by atoms with Crippen LogP contribution < -0.4 is 4.18 Å². The Morgan fingerprint density at radius 1 is 1.38 bits per heavy atom. The third-order valence-corrected chi connectivity index (χ3v) is 3.02. The fourth-order valence-corrected chi connectivity index (χ4v) is 1.70. The van der Waals surface area contributed by atoms with E-state index in [0.717, 1.165) is 6.07 Å². The topological polar surface area (TPSA) is 124 Å². The summed E-state index contributed by atoms with van der Waals surface area (Å²) in [6.07, 6.45) is -0.632. The van der Waals surface area contributed by atoms with E-state index in [1.165, 1.54) is 0 Å². The number of hydrogen-bond donors (Lipinski definition) is 1. The quantitative estimate of drug-likeness (QED) is 0.375. The Balaban J connectivity index is 3.26. The lowest BCUT2D eigenvalue weighted by Crippen LogP contribution is -2.28. The third kappa shape index (κ3) is 4.05. The van der Waals surface area contributed by atoms with E-state index in [1.54, 1.807) is 0 Å². The molecule has 0 unspecified atom stereocenters. The van der Waals surface area contributed by atoms with Crippen LogP contribution in [0.2, 0.25) is 0 Å². The van der Waals surface area contributed by atoms with Crippen LogP contribution in [0.25, 0.3) is 0 Å². The van der Waals surface area contributed by atoms with Crippen molar-refractivity contribution in [2.75, 3.05) is 0 Å². The summed E-state index contributed by atoms with van der Waals surface area (Å²) in [7, 11) is -6.06. The molecule has 0 aromatic heterocycles. The SMILES string of the molecule is O=C(O)Cc1ccc(OS(=O)(=O)C(F)(F)F)c([N+](=O)[O-])c1. The zero-order valence-corrected chi connectivity index (χ0v) is 10.6. The molecule has 0 saturated carbocycles. The number of alkyl halides is 3. The van der Waals surface area contributed by atoms with Crippen LogP contribution in [0.1, 0.15) is 5.56 Å². The number of nitro groups is 1. The molecular formula is C9H6F3NO7S. The molecule has 1 N–H and O–H groups in total. The minimum absolute atomic E-state index is 0.106. The third-order valence-electron chi connectivity index (χ3n) is 2.06. The molecule has 0 bridgehead atoms. The van der Waals surface area contributed by atoms with Gasteiger partial charge in [-0.3, -0.25) is 14.9 Å².